The minimum Gasteiger partial charge on any atom is -0.392 e. The van der Waals surface area contributed by atoms with Crippen LogP contribution < -0.4 is 0 Å². The van der Waals surface area contributed by atoms with E-state index in [-0.39, 0.29) is 6.61 Å². The van der Waals surface area contributed by atoms with Crippen molar-refractivity contribution in [2.24, 2.45) is 22.2 Å². The molecule has 1 nitrogen and oxygen atoms in total. The molecule has 0 heterocycles. The minimum atomic E-state index is 0.284. The zero-order valence-electron chi connectivity index (χ0n) is 10.8. The van der Waals surface area contributed by atoms with E-state index in [9.17, 15) is 5.11 Å². The topological polar surface area (TPSA) is 20.2 Å². The molecule has 4 unspecified atom stereocenters. The summed E-state index contributed by atoms with van der Waals surface area (Å²) in [7, 11) is 0. The molecular formula is C15H24O. The lowest BCUT2D eigenvalue weighted by Crippen LogP contribution is -2.38. The van der Waals surface area contributed by atoms with Crippen LogP contribution in [0.3, 0.4) is 0 Å². The van der Waals surface area contributed by atoms with Crippen LogP contribution in [0.2, 0.25) is 0 Å². The van der Waals surface area contributed by atoms with Gasteiger partial charge >= 0.3 is 0 Å². The largest absolute Gasteiger partial charge is 0.392 e. The summed E-state index contributed by atoms with van der Waals surface area (Å²) >= 11 is 0. The average Bonchev–Trinajstić information content (AvgIpc) is 2.63. The van der Waals surface area contributed by atoms with E-state index < -0.39 is 0 Å². The van der Waals surface area contributed by atoms with Crippen LogP contribution in [0.5, 0.6) is 0 Å². The first kappa shape index (κ1) is 10.8. The molecule has 3 rings (SSSR count). The highest BCUT2D eigenvalue weighted by molar-refractivity contribution is 5.29. The fourth-order valence-corrected chi connectivity index (χ4v) is 5.34. The number of allylic oxidation sites excluding steroid dienone is 1. The minimum absolute atomic E-state index is 0.284. The highest BCUT2D eigenvalue weighted by Gasteiger charge is 2.67. The van der Waals surface area contributed by atoms with Gasteiger partial charge in [0.1, 0.15) is 0 Å². The van der Waals surface area contributed by atoms with Crippen molar-refractivity contribution in [3.05, 3.63) is 11.6 Å². The standard InChI is InChI=1S/C15H24O/c1-13-8-5-11(10-16)12(9-13)14(2)6-4-7-15(13,14)3/h5,12,16H,4,6-10H2,1-3H3. The maximum atomic E-state index is 9.55. The molecule has 0 aliphatic heterocycles. The summed E-state index contributed by atoms with van der Waals surface area (Å²) in [5.41, 5.74) is 2.78. The molecule has 3 aliphatic rings. The van der Waals surface area contributed by atoms with Gasteiger partial charge in [0.2, 0.25) is 0 Å². The van der Waals surface area contributed by atoms with Gasteiger partial charge in [0.05, 0.1) is 6.61 Å². The first-order valence-corrected chi connectivity index (χ1v) is 6.77. The van der Waals surface area contributed by atoms with Crippen LogP contribution in [0.4, 0.5) is 0 Å². The molecule has 0 aromatic rings. The van der Waals surface area contributed by atoms with Gasteiger partial charge < -0.3 is 5.11 Å². The van der Waals surface area contributed by atoms with E-state index in [1.165, 1.54) is 37.7 Å². The summed E-state index contributed by atoms with van der Waals surface area (Å²) in [6.07, 6.45) is 8.99. The summed E-state index contributed by atoms with van der Waals surface area (Å²) in [5, 5.41) is 9.55. The van der Waals surface area contributed by atoms with Crippen molar-refractivity contribution in [3.63, 3.8) is 0 Å². The van der Waals surface area contributed by atoms with Crippen LogP contribution in [-0.2, 0) is 0 Å². The van der Waals surface area contributed by atoms with E-state index >= 15 is 0 Å². The molecule has 0 aromatic carbocycles. The highest BCUT2D eigenvalue weighted by atomic mass is 16.3. The molecule has 1 heteroatoms. The Bertz CT molecular complexity index is 358. The van der Waals surface area contributed by atoms with E-state index in [0.717, 1.165) is 0 Å². The summed E-state index contributed by atoms with van der Waals surface area (Å²) in [6.45, 7) is 7.78. The number of aliphatic hydroxyl groups is 1. The van der Waals surface area contributed by atoms with Gasteiger partial charge in [-0.25, -0.2) is 0 Å². The van der Waals surface area contributed by atoms with Crippen molar-refractivity contribution < 1.29 is 5.11 Å². The van der Waals surface area contributed by atoms with Crippen molar-refractivity contribution in [1.29, 1.82) is 0 Å². The molecule has 2 saturated carbocycles. The average molecular weight is 220 g/mol. The van der Waals surface area contributed by atoms with Crippen molar-refractivity contribution in [2.45, 2.75) is 52.9 Å². The van der Waals surface area contributed by atoms with Crippen LogP contribution in [0.25, 0.3) is 0 Å². The lowest BCUT2D eigenvalue weighted by molar-refractivity contribution is 0.0350. The second-order valence-electron chi connectivity index (χ2n) is 7.06. The molecule has 0 amide bonds. The van der Waals surface area contributed by atoms with Crippen LogP contribution in [0.15, 0.2) is 11.6 Å². The van der Waals surface area contributed by atoms with Gasteiger partial charge in [0.25, 0.3) is 0 Å². The molecule has 1 N–H and O–H groups in total. The lowest BCUT2D eigenvalue weighted by Gasteiger charge is -2.45. The number of hydrogen-bond acceptors (Lipinski definition) is 1. The van der Waals surface area contributed by atoms with Crippen molar-refractivity contribution in [2.75, 3.05) is 6.61 Å². The molecule has 16 heavy (non-hydrogen) atoms. The predicted octanol–water partition coefficient (Wildman–Crippen LogP) is 3.53. The zero-order valence-corrected chi connectivity index (χ0v) is 10.8. The summed E-state index contributed by atoms with van der Waals surface area (Å²) in [5.74, 6) is 0.656. The van der Waals surface area contributed by atoms with Crippen molar-refractivity contribution in [1.82, 2.24) is 0 Å². The van der Waals surface area contributed by atoms with E-state index in [2.05, 4.69) is 26.8 Å². The first-order valence-electron chi connectivity index (χ1n) is 6.77. The second kappa shape index (κ2) is 2.93. The lowest BCUT2D eigenvalue weighted by atomic mass is 9.59. The van der Waals surface area contributed by atoms with E-state index in [0.29, 0.717) is 22.2 Å². The van der Waals surface area contributed by atoms with Gasteiger partial charge in [-0.05, 0) is 53.4 Å². The molecule has 0 aromatic heterocycles. The molecule has 0 radical (unpaired) electrons. The molecule has 0 spiro atoms. The third-order valence-corrected chi connectivity index (χ3v) is 6.83. The Balaban J connectivity index is 2.13. The summed E-state index contributed by atoms with van der Waals surface area (Å²) in [6, 6.07) is 0. The van der Waals surface area contributed by atoms with Crippen LogP contribution in [-0.4, -0.2) is 11.7 Å². The van der Waals surface area contributed by atoms with E-state index in [1.54, 1.807) is 0 Å². The van der Waals surface area contributed by atoms with Gasteiger partial charge in [-0.2, -0.15) is 0 Å². The van der Waals surface area contributed by atoms with Crippen molar-refractivity contribution in [3.8, 4) is 0 Å². The Morgan fingerprint density at radius 1 is 1.31 bits per heavy atom. The van der Waals surface area contributed by atoms with Crippen LogP contribution in [0, 0.1) is 22.2 Å². The summed E-state index contributed by atoms with van der Waals surface area (Å²) in [4.78, 5) is 0. The van der Waals surface area contributed by atoms with Crippen molar-refractivity contribution >= 4 is 0 Å². The monoisotopic (exact) mass is 220 g/mol. The number of hydrogen-bond donors (Lipinski definition) is 1. The Morgan fingerprint density at radius 2 is 2.06 bits per heavy atom. The maximum Gasteiger partial charge on any atom is 0.0644 e. The van der Waals surface area contributed by atoms with E-state index in [1.807, 2.05) is 0 Å². The molecule has 2 bridgehead atoms. The number of rotatable bonds is 1. The Kier molecular flexibility index (Phi) is 1.98. The second-order valence-corrected chi connectivity index (χ2v) is 7.06. The van der Waals surface area contributed by atoms with Crippen LogP contribution >= 0.6 is 0 Å². The van der Waals surface area contributed by atoms with Gasteiger partial charge in [-0.3, -0.25) is 0 Å². The molecule has 3 aliphatic carbocycles. The number of fused-ring (bicyclic) bond motifs is 5. The SMILES string of the molecule is CC12CC=C(CO)C(C1)C1(C)CCCC21C. The molecular weight excluding hydrogens is 196 g/mol. The zero-order chi connectivity index (χ0) is 11.6. The fraction of sp³-hybridized carbons (Fsp3) is 0.867. The molecule has 0 saturated heterocycles. The Labute approximate surface area is 98.9 Å². The van der Waals surface area contributed by atoms with Gasteiger partial charge in [-0.15, -0.1) is 0 Å². The third kappa shape index (κ3) is 0.932. The highest BCUT2D eigenvalue weighted by Crippen LogP contribution is 2.75. The Morgan fingerprint density at radius 3 is 2.75 bits per heavy atom. The molecule has 4 atom stereocenters. The third-order valence-electron chi connectivity index (χ3n) is 6.83. The quantitative estimate of drug-likeness (QED) is 0.670. The normalized spacial score (nSPS) is 55.0. The number of aliphatic hydroxyl groups excluding tert-OH is 1. The first-order chi connectivity index (χ1) is 7.47. The van der Waals surface area contributed by atoms with E-state index in [4.69, 9.17) is 0 Å². The Hall–Kier alpha value is -0.300. The fourth-order valence-electron chi connectivity index (χ4n) is 5.34. The summed E-state index contributed by atoms with van der Waals surface area (Å²) < 4.78 is 0. The predicted molar refractivity (Wildman–Crippen MR) is 66.1 cm³/mol. The molecule has 2 fully saturated rings. The van der Waals surface area contributed by atoms with Gasteiger partial charge in [0, 0.05) is 0 Å². The maximum absolute atomic E-state index is 9.55. The van der Waals surface area contributed by atoms with Gasteiger partial charge in [-0.1, -0.05) is 33.3 Å². The van der Waals surface area contributed by atoms with Gasteiger partial charge in [0.15, 0.2) is 0 Å². The van der Waals surface area contributed by atoms with Crippen LogP contribution in [0.1, 0.15) is 52.9 Å². The smallest absolute Gasteiger partial charge is 0.0644 e. The molecule has 90 valence electrons.